The molecule has 21 N–H and O–H groups in total. The molecule has 512 valence electrons. The van der Waals surface area contributed by atoms with Crippen molar-refractivity contribution in [1.82, 2.24) is 0 Å². The summed E-state index contributed by atoms with van der Waals surface area (Å²) in [4.78, 5) is 0. The Morgan fingerprint density at radius 1 is 0.360 bits per heavy atom. The van der Waals surface area contributed by atoms with Crippen LogP contribution in [-0.2, 0) is 84.7 Å². The maximum atomic E-state index is 12.2. The van der Waals surface area contributed by atoms with Gasteiger partial charge in [0.25, 0.3) is 0 Å². The van der Waals surface area contributed by atoms with Gasteiger partial charge >= 0.3 is 0 Å². The van der Waals surface area contributed by atoms with Gasteiger partial charge < -0.3 is 202 Å². The molecular weight excluding hydrogens is 1330 g/mol. The average Bonchev–Trinajstić information content (AvgIpc) is 0.984. The maximum Gasteiger partial charge on any atom is 0.226 e. The Bertz CT molecular complexity index is 2380. The molecule has 16 rings (SSSR count). The number of hydrogen-bond donors (Lipinski definition) is 21. The van der Waals surface area contributed by atoms with Gasteiger partial charge in [-0.25, -0.2) is 0 Å². The highest BCUT2D eigenvalue weighted by Crippen LogP contribution is 2.39. The van der Waals surface area contributed by atoms with E-state index in [1.54, 1.807) is 7.05 Å². The number of oxime groups is 1. The van der Waals surface area contributed by atoms with Crippen molar-refractivity contribution in [3.8, 4) is 0 Å². The van der Waals surface area contributed by atoms with Crippen molar-refractivity contribution in [3.63, 3.8) is 0 Å². The number of ether oxygens (including phenoxy) is 15. The fraction of sp³-hybridized carbons (Fsp3) is 0.880. The molecule has 15 aliphatic heterocycles. The van der Waals surface area contributed by atoms with Gasteiger partial charge in [-0.05, 0) is 6.07 Å². The summed E-state index contributed by atoms with van der Waals surface area (Å²) < 4.78 is 89.3. The standard InChI is InChI=1S/C50H78N2O36.HI/c1-52-5-14(2-3-15(52)4-51-73)13-74-43-35(72)42-22(12-59)81-50(43)88-41-21(11-58)80-48(34(71)28(41)65)86-39-19(9-56)78-46(32(69)26(39)63)84-37-17(7-54)76-44(30(67)24(37)61)82-36-16(6-53)75-45(29(66)23(36)60)83-38-18(8-55)77-47(31(68)25(38)62)85-40-20(10-57)79-49(87-42)33(70)27(40)64;/h2-5,16-50,53-72H,6-13H2,1H3;1H/t16-,17-,18-,19-,20-,21-,22-,23-,24-,25-,26-,27-,28-,29-,30-,31-,32-,33-,34-,35+,36-,37-,38-,39-,40-,41-,42-,43-,44-,45-,46-,47-,48-,49-,50-;/m1./s1. The quantitative estimate of drug-likeness (QED) is 0.0322. The Morgan fingerprint density at radius 2 is 0.596 bits per heavy atom. The molecule has 0 radical (unpaired) electrons. The van der Waals surface area contributed by atoms with Gasteiger partial charge in [0.2, 0.25) is 5.69 Å². The zero-order valence-electron chi connectivity index (χ0n) is 47.0. The third-order valence-corrected chi connectivity index (χ3v) is 16.6. The van der Waals surface area contributed by atoms with E-state index in [1.165, 1.54) is 22.9 Å². The average molecular weight is 1410 g/mol. The largest absolute Gasteiger partial charge is 1.00 e. The summed E-state index contributed by atoms with van der Waals surface area (Å²) in [5.41, 5.74) is 0.806. The summed E-state index contributed by atoms with van der Waals surface area (Å²) in [5, 5.41) is 236. The Kier molecular flexibility index (Phi) is 25.9. The summed E-state index contributed by atoms with van der Waals surface area (Å²) >= 11 is 0. The number of pyridine rings is 1. The first-order valence-corrected chi connectivity index (χ1v) is 28.1. The molecule has 15 aliphatic rings. The van der Waals surface area contributed by atoms with E-state index >= 15 is 0 Å². The van der Waals surface area contributed by atoms with Crippen LogP contribution in [0.1, 0.15) is 11.3 Å². The van der Waals surface area contributed by atoms with Crippen molar-refractivity contribution >= 4 is 6.21 Å². The van der Waals surface area contributed by atoms with Crippen LogP contribution in [0.4, 0.5) is 0 Å². The Balaban J connectivity index is 0.0000102. The molecule has 15 fully saturated rings. The van der Waals surface area contributed by atoms with Crippen LogP contribution in [0.15, 0.2) is 23.5 Å². The van der Waals surface area contributed by atoms with Crippen LogP contribution in [0.2, 0.25) is 0 Å². The minimum Gasteiger partial charge on any atom is -1.00 e. The van der Waals surface area contributed by atoms with Crippen molar-refractivity contribution in [1.29, 1.82) is 0 Å². The van der Waals surface area contributed by atoms with Gasteiger partial charge in [-0.1, -0.05) is 5.16 Å². The van der Waals surface area contributed by atoms with Crippen LogP contribution >= 0.6 is 0 Å². The minimum absolute atomic E-state index is 0. The third-order valence-electron chi connectivity index (χ3n) is 16.6. The molecule has 35 atom stereocenters. The second kappa shape index (κ2) is 31.7. The van der Waals surface area contributed by atoms with Crippen LogP contribution in [0.5, 0.6) is 0 Å². The summed E-state index contributed by atoms with van der Waals surface area (Å²) in [6.45, 7) is -7.79. The number of halogens is 1. The highest BCUT2D eigenvalue weighted by Gasteiger charge is 2.60. The summed E-state index contributed by atoms with van der Waals surface area (Å²) in [6, 6.07) is 3.06. The monoisotopic (exact) mass is 1410 g/mol. The van der Waals surface area contributed by atoms with E-state index in [0.717, 1.165) is 6.21 Å². The fourth-order valence-corrected chi connectivity index (χ4v) is 11.7. The van der Waals surface area contributed by atoms with E-state index in [9.17, 15) is 102 Å². The van der Waals surface area contributed by atoms with Gasteiger partial charge in [0.1, 0.15) is 184 Å². The van der Waals surface area contributed by atoms with Crippen molar-refractivity contribution < 1.29 is 207 Å². The second-order valence-electron chi connectivity index (χ2n) is 22.3. The van der Waals surface area contributed by atoms with Crippen molar-refractivity contribution in [3.05, 3.63) is 29.6 Å². The third kappa shape index (κ3) is 15.0. The topological polar surface area (TPSA) is 580 Å². The van der Waals surface area contributed by atoms with Crippen LogP contribution in [0, 0.1) is 0 Å². The first-order chi connectivity index (χ1) is 42.1. The fourth-order valence-electron chi connectivity index (χ4n) is 11.7. The van der Waals surface area contributed by atoms with E-state index < -0.39 is 268 Å². The number of fused-ring (bicyclic) bond motifs is 7. The van der Waals surface area contributed by atoms with Crippen molar-refractivity contribution in [2.24, 2.45) is 12.2 Å². The predicted molar refractivity (Wildman–Crippen MR) is 268 cm³/mol. The lowest BCUT2D eigenvalue weighted by molar-refractivity contribution is -0.672. The lowest BCUT2D eigenvalue weighted by atomic mass is 9.95. The molecular formula is C50H79IN2O36. The van der Waals surface area contributed by atoms with Gasteiger partial charge in [-0.15, -0.1) is 0 Å². The number of nitrogens with zero attached hydrogens (tertiary/aromatic N) is 2. The van der Waals surface area contributed by atoms with Crippen LogP contribution in [0.25, 0.3) is 0 Å². The maximum absolute atomic E-state index is 12.2. The highest BCUT2D eigenvalue weighted by atomic mass is 127. The van der Waals surface area contributed by atoms with Crippen LogP contribution < -0.4 is 28.5 Å². The smallest absolute Gasteiger partial charge is 0.226 e. The van der Waals surface area contributed by atoms with Gasteiger partial charge in [0.15, 0.2) is 50.2 Å². The number of aliphatic hydroxyl groups is 20. The SMILES string of the molecule is C[n+]1cc(CO[C@H]2[C@H]3O[C@H]4[C@H](O)[C@@H](O)[C@@H](O[C@H]5[C@H](O)[C@@H](O)[C@@H](O[C@H]6[C@H](O)[C@@H](O)[C@@H](O[C@H]7[C@H](O)[C@@H](O)[C@@H](O[C@H]8[C@H](O)[C@@H](O)[C@@H](O[C@H]9[C@H](O)[C@@H](O)[C@@H](O[C@@H]([C@@H]2O)[C@@H](CO)O3)O[C@@H]9CO)O[C@@H]8CO)O[C@@H]7CO)O[C@@H]6CO)O[C@@H]5CO)O[C@@H]4CO)ccc1/C=N/O.[I-]. The first kappa shape index (κ1) is 72.8. The van der Waals surface area contributed by atoms with Crippen molar-refractivity contribution in [2.45, 2.75) is 222 Å². The molecule has 16 heterocycles. The number of hydrogen-bond acceptors (Lipinski definition) is 37. The lowest BCUT2D eigenvalue weighted by Crippen LogP contribution is -3.00. The molecule has 0 unspecified atom stereocenters. The number of aliphatic hydroxyl groups excluding tert-OH is 20. The van der Waals surface area contributed by atoms with E-state index in [4.69, 9.17) is 76.3 Å². The zero-order chi connectivity index (χ0) is 63.7. The second-order valence-corrected chi connectivity index (χ2v) is 22.3. The zero-order valence-corrected chi connectivity index (χ0v) is 49.1. The minimum atomic E-state index is -2.23. The van der Waals surface area contributed by atoms with E-state index in [2.05, 4.69) is 5.16 Å². The summed E-state index contributed by atoms with van der Waals surface area (Å²) in [6.07, 6.45) is -67.4. The Hall–Kier alpha value is -2.05. The predicted octanol–water partition coefficient (Wildman–Crippen LogP) is -17.4. The molecule has 38 nitrogen and oxygen atoms in total. The lowest BCUT2D eigenvalue weighted by Gasteiger charge is -2.50. The first-order valence-electron chi connectivity index (χ1n) is 28.1. The molecule has 0 spiro atoms. The molecule has 39 heteroatoms. The van der Waals surface area contributed by atoms with E-state index in [-0.39, 0.29) is 24.0 Å². The van der Waals surface area contributed by atoms with Gasteiger partial charge in [-0.2, -0.15) is 4.57 Å². The molecule has 0 amide bonds. The molecule has 0 saturated carbocycles. The molecule has 89 heavy (non-hydrogen) atoms. The van der Waals surface area contributed by atoms with Gasteiger partial charge in [-0.3, -0.25) is 0 Å². The van der Waals surface area contributed by atoms with Crippen molar-refractivity contribution in [2.75, 3.05) is 46.2 Å². The van der Waals surface area contributed by atoms with Crippen LogP contribution in [-0.4, -0.2) is 375 Å². The Morgan fingerprint density at radius 3 is 0.831 bits per heavy atom. The molecule has 15 saturated heterocycles. The molecule has 0 aliphatic carbocycles. The summed E-state index contributed by atoms with van der Waals surface area (Å²) in [7, 11) is 1.59. The highest BCUT2D eigenvalue weighted by molar-refractivity contribution is 5.74. The number of aromatic nitrogens is 1. The van der Waals surface area contributed by atoms with Crippen LogP contribution in [0.3, 0.4) is 0 Å². The molecule has 1 aromatic rings. The van der Waals surface area contributed by atoms with E-state index in [0.29, 0.717) is 11.3 Å². The van der Waals surface area contributed by atoms with Gasteiger partial charge in [0.05, 0.1) is 52.9 Å². The van der Waals surface area contributed by atoms with Gasteiger partial charge in [0, 0.05) is 11.6 Å². The molecule has 0 aromatic carbocycles. The Labute approximate surface area is 521 Å². The molecule has 1 aromatic heterocycles. The molecule has 14 bridgehead atoms. The normalized spacial score (nSPS) is 49.4. The van der Waals surface area contributed by atoms with E-state index in [1.807, 2.05) is 0 Å². The number of rotatable bonds is 11. The summed E-state index contributed by atoms with van der Waals surface area (Å²) in [5.74, 6) is 0. The number of aryl methyl sites for hydroxylation is 1.